The molecule has 588 valence electrons. The van der Waals surface area contributed by atoms with Crippen LogP contribution in [0.3, 0.4) is 0 Å². The van der Waals surface area contributed by atoms with E-state index in [1.54, 1.807) is 47.2 Å². The standard InChI is InChI=1S/C11H12N2O3.C11H14N2O.C11H11NO3.C11H13NO.C11H12O.C10H12N2O.C10H11NO.C10H10O.ClH.H4N2.H3NO/c1-12-10-6-5-9(13(15)16)7-8(10)3-2-4-11(12)14;1-13-10-6-5-9(12)7-8(10)3-2-4-11(13)14;13-11-3-1-2-8-6-10(12(14)15)5-4-9(8)7-11;12-9-5-6-10-8(7-9)3-1-2-4-11(10)13;12-11-7-3-6-9-4-1-2-5-10(9)8-11;11-8-4-5-9-7(6-8)2-1-3-10(9)12-13;11-8-4-5-9-7(6-8)2-1-3-10(9)12;11-10-7-3-5-8-4-1-2-6-9(8)10;;2*1-2/h5-7H,2-4H2,1H3;5-7H,2-4,12H2,1H3;4-6H,1-3,7H2;5-7H,1-4,12H2;1-2,4-5H,3,6-8H2;4-6,13H,1-3,11H2;4-6H,1-3,11H2;1-2,4,6H,3,5,7H2;1H;1-2H2;2H,1H2/b;;;;;12-10+;;;;;. The molecule has 111 heavy (non-hydrogen) atoms. The number of Topliss-reactive ketones (excluding diaryl/α,β-unsaturated/α-hetero) is 5. The lowest BCUT2D eigenvalue weighted by Crippen LogP contribution is -2.24. The van der Waals surface area contributed by atoms with Crippen molar-refractivity contribution in [3.05, 3.63) is 256 Å². The number of halogens is 1. The van der Waals surface area contributed by atoms with E-state index in [9.17, 15) is 53.8 Å². The number of carbonyl (C=O) groups excluding carboxylic acids is 7. The quantitative estimate of drug-likeness (QED) is 0.0194. The van der Waals surface area contributed by atoms with Gasteiger partial charge in [0.1, 0.15) is 11.6 Å². The molecule has 0 spiro atoms. The number of hydrogen-bond acceptors (Lipinski definition) is 21. The van der Waals surface area contributed by atoms with Crippen LogP contribution in [0.15, 0.2) is 163 Å². The van der Waals surface area contributed by atoms with Crippen molar-refractivity contribution in [3.8, 4) is 0 Å². The van der Waals surface area contributed by atoms with Crippen molar-refractivity contribution in [1.82, 2.24) is 0 Å². The molecule has 0 bridgehead atoms. The first-order valence-corrected chi connectivity index (χ1v) is 37.2. The van der Waals surface area contributed by atoms with Gasteiger partial charge < -0.3 is 43.1 Å². The number of nitrogen functional groups attached to an aromatic ring is 4. The zero-order valence-electron chi connectivity index (χ0n) is 63.2. The summed E-state index contributed by atoms with van der Waals surface area (Å²) in [4.78, 5) is 104. The molecule has 25 nitrogen and oxygen atoms in total. The number of non-ortho nitro benzene ring substituents is 2. The molecule has 0 saturated carbocycles. The highest BCUT2D eigenvalue weighted by Gasteiger charge is 2.24. The molecule has 2 heterocycles. The summed E-state index contributed by atoms with van der Waals surface area (Å²) in [6.07, 6.45) is 22.7. The predicted molar refractivity (Wildman–Crippen MR) is 438 cm³/mol. The average Bonchev–Trinajstić information content (AvgIpc) is 1.07. The fraction of sp³-hybridized carbons (Fsp3) is 0.341. The molecule has 0 atom stereocenters. The second kappa shape index (κ2) is 45.0. The average molecular weight is 1540 g/mol. The minimum Gasteiger partial charge on any atom is -0.411 e. The predicted octanol–water partition coefficient (Wildman–Crippen LogP) is 14.2. The largest absolute Gasteiger partial charge is 0.411 e. The summed E-state index contributed by atoms with van der Waals surface area (Å²) in [6, 6.07) is 48.2. The van der Waals surface area contributed by atoms with E-state index in [2.05, 4.69) is 40.9 Å². The van der Waals surface area contributed by atoms with Crippen LogP contribution in [0.1, 0.15) is 201 Å². The highest BCUT2D eigenvalue weighted by molar-refractivity contribution is 6.03. The van der Waals surface area contributed by atoms with Gasteiger partial charge in [-0.25, -0.2) is 5.90 Å². The summed E-state index contributed by atoms with van der Waals surface area (Å²) >= 11 is 0. The summed E-state index contributed by atoms with van der Waals surface area (Å²) in [5.74, 6) is 13.2. The number of nitro groups is 2. The van der Waals surface area contributed by atoms with Crippen molar-refractivity contribution in [2.45, 2.75) is 173 Å². The third kappa shape index (κ3) is 26.2. The lowest BCUT2D eigenvalue weighted by molar-refractivity contribution is -0.385. The smallest absolute Gasteiger partial charge is 0.269 e. The van der Waals surface area contributed by atoms with Gasteiger partial charge in [0.15, 0.2) is 17.3 Å². The molecular formula is C85H103ClN12O13. The Balaban J connectivity index is 0.000000197. The Kier molecular flexibility index (Phi) is 35.9. The van der Waals surface area contributed by atoms with Crippen LogP contribution >= 0.6 is 12.4 Å². The number of fused-ring (bicyclic) bond motifs is 8. The van der Waals surface area contributed by atoms with E-state index in [1.165, 1.54) is 39.9 Å². The van der Waals surface area contributed by atoms with Crippen LogP contribution < -0.4 is 50.3 Å². The topological polar surface area (TPSA) is 447 Å². The molecule has 2 amide bonds. The lowest BCUT2D eigenvalue weighted by Gasteiger charge is -2.17. The van der Waals surface area contributed by atoms with Crippen molar-refractivity contribution in [2.24, 2.45) is 22.7 Å². The molecule has 16 rings (SSSR count). The maximum Gasteiger partial charge on any atom is 0.269 e. The third-order valence-corrected chi connectivity index (χ3v) is 20.0. The minimum absolute atomic E-state index is 0. The maximum atomic E-state index is 11.6. The summed E-state index contributed by atoms with van der Waals surface area (Å²) in [6.45, 7) is 0. The molecule has 16 N–H and O–H groups in total. The van der Waals surface area contributed by atoms with E-state index in [-0.39, 0.29) is 52.9 Å². The van der Waals surface area contributed by atoms with Gasteiger partial charge in [0, 0.05) is 153 Å². The lowest BCUT2D eigenvalue weighted by atomic mass is 9.90. The van der Waals surface area contributed by atoms with Crippen LogP contribution in [0.5, 0.6) is 0 Å². The Bertz CT molecular complexity index is 4620. The number of hydrogen-bond donors (Lipinski definition) is 9. The van der Waals surface area contributed by atoms with Gasteiger partial charge in [-0.3, -0.25) is 65.5 Å². The fourth-order valence-electron chi connectivity index (χ4n) is 14.3. The summed E-state index contributed by atoms with van der Waals surface area (Å²) in [5.41, 5.74) is 43.4. The van der Waals surface area contributed by atoms with Gasteiger partial charge in [0.05, 0.1) is 15.6 Å². The van der Waals surface area contributed by atoms with Crippen LogP contribution in [0, 0.1) is 20.2 Å². The molecule has 0 fully saturated rings. The zero-order chi connectivity index (χ0) is 79.8. The number of nitrogens with zero attached hydrogens (tertiary/aromatic N) is 5. The Morgan fingerprint density at radius 2 is 0.667 bits per heavy atom. The fourth-order valence-corrected chi connectivity index (χ4v) is 14.3. The van der Waals surface area contributed by atoms with Gasteiger partial charge in [-0.15, -0.1) is 12.4 Å². The van der Waals surface area contributed by atoms with Crippen molar-refractivity contribution in [1.29, 1.82) is 0 Å². The second-order valence-electron chi connectivity index (χ2n) is 27.7. The van der Waals surface area contributed by atoms with E-state index in [0.717, 1.165) is 212 Å². The van der Waals surface area contributed by atoms with Crippen LogP contribution in [0.4, 0.5) is 45.5 Å². The van der Waals surface area contributed by atoms with Gasteiger partial charge in [0.2, 0.25) is 11.8 Å². The Hall–Kier alpha value is -11.4. The first-order chi connectivity index (χ1) is 53.0. The highest BCUT2D eigenvalue weighted by atomic mass is 35.5. The molecule has 0 aromatic heterocycles. The molecule has 8 aromatic carbocycles. The molecule has 0 radical (unpaired) electrons. The maximum absolute atomic E-state index is 11.6. The van der Waals surface area contributed by atoms with Crippen LogP contribution in [0.2, 0.25) is 0 Å². The molecule has 6 aliphatic carbocycles. The normalized spacial score (nSPS) is 15.8. The summed E-state index contributed by atoms with van der Waals surface area (Å²) in [5, 5.41) is 39.8. The molecule has 0 saturated heterocycles. The number of amides is 2. The number of rotatable bonds is 2. The molecule has 8 aromatic rings. The van der Waals surface area contributed by atoms with Gasteiger partial charge in [0.25, 0.3) is 11.4 Å². The van der Waals surface area contributed by atoms with Crippen molar-refractivity contribution in [3.63, 3.8) is 0 Å². The molecular weight excluding hydrogens is 1430 g/mol. The highest BCUT2D eigenvalue weighted by Crippen LogP contribution is 2.32. The number of aryl methyl sites for hydroxylation is 8. The van der Waals surface area contributed by atoms with E-state index < -0.39 is 9.85 Å². The molecule has 26 heteroatoms. The number of carbonyl (C=O) groups is 7. The molecule has 2 aliphatic heterocycles. The van der Waals surface area contributed by atoms with Crippen molar-refractivity contribution >= 4 is 104 Å². The minimum atomic E-state index is -0.410. The van der Waals surface area contributed by atoms with Gasteiger partial charge >= 0.3 is 0 Å². The molecule has 8 aliphatic rings. The summed E-state index contributed by atoms with van der Waals surface area (Å²) in [7, 11) is 3.53. The number of oxime groups is 1. The van der Waals surface area contributed by atoms with E-state index in [1.807, 2.05) is 104 Å². The number of hydrazine groups is 1. The van der Waals surface area contributed by atoms with Gasteiger partial charge in [-0.05, 0) is 244 Å². The first-order valence-electron chi connectivity index (χ1n) is 37.2. The van der Waals surface area contributed by atoms with Crippen molar-refractivity contribution in [2.75, 3.05) is 46.8 Å². The number of nitrogens with two attached hydrogens (primary N) is 7. The van der Waals surface area contributed by atoms with E-state index >= 15 is 0 Å². The zero-order valence-corrected chi connectivity index (χ0v) is 64.0. The summed E-state index contributed by atoms with van der Waals surface area (Å²) < 4.78 is 0. The van der Waals surface area contributed by atoms with Crippen LogP contribution in [-0.2, 0) is 83.4 Å². The monoisotopic (exact) mass is 1530 g/mol. The first kappa shape index (κ1) is 88.6. The SMILES string of the molecule is CN1C(=O)CCCc2cc(N)ccc21.CN1C(=O)CCCc2cc([N+](=O)[O-])ccc21.Cl.NN.NO.Nc1ccc2c(c1)CCC/C2=N\O.Nc1ccc2c(c1)CCCC2=O.Nc1ccc2c(c1)CCCCC2=O.O=C1CCCc2cc([N+](=O)[O-])ccc2C1.O=C1CCCc2ccccc21.O=C1CCCc2ccccc2C1. The number of ketones is 5. The van der Waals surface area contributed by atoms with Gasteiger partial charge in [-0.2, -0.15) is 0 Å². The Labute approximate surface area is 653 Å². The van der Waals surface area contributed by atoms with Crippen LogP contribution in [0.25, 0.3) is 0 Å². The second-order valence-corrected chi connectivity index (χ2v) is 27.7. The van der Waals surface area contributed by atoms with Crippen LogP contribution in [-0.4, -0.2) is 80.8 Å². The van der Waals surface area contributed by atoms with E-state index in [0.29, 0.717) is 62.9 Å². The van der Waals surface area contributed by atoms with E-state index in [4.69, 9.17) is 33.3 Å². The number of benzene rings is 8. The number of anilines is 6. The van der Waals surface area contributed by atoms with Crippen molar-refractivity contribution < 1.29 is 53.8 Å². The number of nitro benzene ring substituents is 2. The van der Waals surface area contributed by atoms with Gasteiger partial charge in [-0.1, -0.05) is 65.8 Å². The third-order valence-electron chi connectivity index (χ3n) is 20.0. The molecule has 0 unspecified atom stereocenters. The Morgan fingerprint density at radius 1 is 0.342 bits per heavy atom. The Morgan fingerprint density at radius 3 is 1.17 bits per heavy atom.